The first-order valence-corrected chi connectivity index (χ1v) is 6.76. The summed E-state index contributed by atoms with van der Waals surface area (Å²) in [6.45, 7) is 0.701. The van der Waals surface area contributed by atoms with E-state index in [2.05, 4.69) is 4.90 Å². The molecular formula is C14H18ClNO2. The van der Waals surface area contributed by atoms with Crippen molar-refractivity contribution in [3.05, 3.63) is 28.8 Å². The van der Waals surface area contributed by atoms with Gasteiger partial charge in [-0.05, 0) is 31.0 Å². The Balaban J connectivity index is 2.26. The van der Waals surface area contributed by atoms with E-state index in [4.69, 9.17) is 11.6 Å². The number of hydrogen-bond donors (Lipinski definition) is 1. The summed E-state index contributed by atoms with van der Waals surface area (Å²) >= 11 is 6.23. The molecule has 0 amide bonds. The van der Waals surface area contributed by atoms with Gasteiger partial charge in [0, 0.05) is 18.2 Å². The molecule has 4 heteroatoms. The van der Waals surface area contributed by atoms with Crippen molar-refractivity contribution in [1.29, 1.82) is 0 Å². The second-order valence-corrected chi connectivity index (χ2v) is 5.09. The summed E-state index contributed by atoms with van der Waals surface area (Å²) in [6.07, 6.45) is 5.55. The fourth-order valence-electron chi connectivity index (χ4n) is 2.65. The average Bonchev–Trinajstić information content (AvgIpc) is 2.90. The van der Waals surface area contributed by atoms with Crippen LogP contribution >= 0.6 is 11.6 Å². The smallest absolute Gasteiger partial charge is 0.150 e. The molecule has 2 rings (SSSR count). The number of anilines is 1. The van der Waals surface area contributed by atoms with Crippen molar-refractivity contribution in [2.45, 2.75) is 31.7 Å². The highest BCUT2D eigenvalue weighted by Crippen LogP contribution is 2.33. The van der Waals surface area contributed by atoms with Crippen LogP contribution in [0.5, 0.6) is 0 Å². The number of rotatable bonds is 5. The molecule has 18 heavy (non-hydrogen) atoms. The molecule has 1 N–H and O–H groups in total. The fraction of sp³-hybridized carbons (Fsp3) is 0.500. The van der Waals surface area contributed by atoms with Crippen LogP contribution in [0.1, 0.15) is 36.0 Å². The van der Waals surface area contributed by atoms with Crippen LogP contribution in [0.15, 0.2) is 18.2 Å². The molecule has 1 fully saturated rings. The fourth-order valence-corrected chi connectivity index (χ4v) is 2.95. The molecule has 0 bridgehead atoms. The van der Waals surface area contributed by atoms with Crippen LogP contribution in [0, 0.1) is 0 Å². The number of aliphatic hydroxyl groups excluding tert-OH is 1. The molecule has 3 nitrogen and oxygen atoms in total. The number of hydrogen-bond acceptors (Lipinski definition) is 3. The Morgan fingerprint density at radius 2 is 2.11 bits per heavy atom. The Hall–Kier alpha value is -1.06. The zero-order chi connectivity index (χ0) is 13.0. The minimum absolute atomic E-state index is 0.113. The second kappa shape index (κ2) is 6.21. The molecule has 0 atom stereocenters. The quantitative estimate of drug-likeness (QED) is 0.834. The monoisotopic (exact) mass is 267 g/mol. The van der Waals surface area contributed by atoms with Gasteiger partial charge < -0.3 is 10.0 Å². The summed E-state index contributed by atoms with van der Waals surface area (Å²) in [7, 11) is 0. The maximum absolute atomic E-state index is 10.7. The van der Waals surface area contributed by atoms with E-state index in [0.717, 1.165) is 24.8 Å². The lowest BCUT2D eigenvalue weighted by molar-refractivity contribution is 0.112. The Kier molecular flexibility index (Phi) is 4.61. The van der Waals surface area contributed by atoms with Crippen LogP contribution in [-0.4, -0.2) is 30.6 Å². The molecule has 1 aromatic carbocycles. The molecule has 0 heterocycles. The molecule has 1 aromatic rings. The molecular weight excluding hydrogens is 250 g/mol. The van der Waals surface area contributed by atoms with E-state index >= 15 is 0 Å². The predicted molar refractivity (Wildman–Crippen MR) is 73.5 cm³/mol. The number of aliphatic hydroxyl groups is 1. The third kappa shape index (κ3) is 2.85. The predicted octanol–water partition coefficient (Wildman–Crippen LogP) is 2.89. The van der Waals surface area contributed by atoms with Crippen LogP contribution in [0.3, 0.4) is 0 Å². The van der Waals surface area contributed by atoms with E-state index in [1.165, 1.54) is 12.8 Å². The van der Waals surface area contributed by atoms with Crippen LogP contribution in [0.4, 0.5) is 5.69 Å². The average molecular weight is 268 g/mol. The van der Waals surface area contributed by atoms with Crippen molar-refractivity contribution in [2.75, 3.05) is 18.1 Å². The van der Waals surface area contributed by atoms with Gasteiger partial charge in [0.25, 0.3) is 0 Å². The van der Waals surface area contributed by atoms with Crippen molar-refractivity contribution in [1.82, 2.24) is 0 Å². The van der Waals surface area contributed by atoms with Crippen molar-refractivity contribution < 1.29 is 9.90 Å². The number of halogens is 1. The van der Waals surface area contributed by atoms with Gasteiger partial charge in [-0.25, -0.2) is 0 Å². The molecule has 0 spiro atoms. The Labute approximate surface area is 112 Å². The SMILES string of the molecule is O=Cc1ccc(N(CCO)C2CCCC2)c(Cl)c1. The van der Waals surface area contributed by atoms with E-state index in [-0.39, 0.29) is 6.61 Å². The summed E-state index contributed by atoms with van der Waals surface area (Å²) in [6, 6.07) is 5.79. The van der Waals surface area contributed by atoms with Crippen molar-refractivity contribution in [3.8, 4) is 0 Å². The van der Waals surface area contributed by atoms with Gasteiger partial charge in [0.05, 0.1) is 17.3 Å². The Morgan fingerprint density at radius 1 is 1.39 bits per heavy atom. The van der Waals surface area contributed by atoms with Crippen LogP contribution in [-0.2, 0) is 0 Å². The highest BCUT2D eigenvalue weighted by Gasteiger charge is 2.23. The zero-order valence-corrected chi connectivity index (χ0v) is 11.1. The highest BCUT2D eigenvalue weighted by molar-refractivity contribution is 6.33. The van der Waals surface area contributed by atoms with Gasteiger partial charge in [-0.2, -0.15) is 0 Å². The molecule has 1 aliphatic carbocycles. The van der Waals surface area contributed by atoms with E-state index in [0.29, 0.717) is 23.2 Å². The van der Waals surface area contributed by atoms with Gasteiger partial charge in [0.1, 0.15) is 6.29 Å². The van der Waals surface area contributed by atoms with Gasteiger partial charge >= 0.3 is 0 Å². The maximum atomic E-state index is 10.7. The Bertz CT molecular complexity index is 416. The van der Waals surface area contributed by atoms with Gasteiger partial charge in [-0.15, -0.1) is 0 Å². The lowest BCUT2D eigenvalue weighted by Gasteiger charge is -2.31. The van der Waals surface area contributed by atoms with E-state index in [1.807, 2.05) is 6.07 Å². The van der Waals surface area contributed by atoms with Gasteiger partial charge in [0.2, 0.25) is 0 Å². The minimum atomic E-state index is 0.113. The molecule has 0 unspecified atom stereocenters. The van der Waals surface area contributed by atoms with Crippen molar-refractivity contribution >= 4 is 23.6 Å². The summed E-state index contributed by atoms with van der Waals surface area (Å²) in [4.78, 5) is 12.9. The summed E-state index contributed by atoms with van der Waals surface area (Å²) < 4.78 is 0. The second-order valence-electron chi connectivity index (χ2n) is 4.68. The minimum Gasteiger partial charge on any atom is -0.395 e. The molecule has 1 saturated carbocycles. The summed E-state index contributed by atoms with van der Waals surface area (Å²) in [5.41, 5.74) is 1.50. The molecule has 0 saturated heterocycles. The normalized spacial score (nSPS) is 15.9. The highest BCUT2D eigenvalue weighted by atomic mass is 35.5. The van der Waals surface area contributed by atoms with Gasteiger partial charge in [-0.3, -0.25) is 4.79 Å². The van der Waals surface area contributed by atoms with E-state index in [1.54, 1.807) is 12.1 Å². The molecule has 1 aliphatic rings. The third-order valence-corrected chi connectivity index (χ3v) is 3.83. The lowest BCUT2D eigenvalue weighted by atomic mass is 10.1. The van der Waals surface area contributed by atoms with Crippen molar-refractivity contribution in [3.63, 3.8) is 0 Å². The van der Waals surface area contributed by atoms with Gasteiger partial charge in [-0.1, -0.05) is 24.4 Å². The third-order valence-electron chi connectivity index (χ3n) is 3.52. The number of benzene rings is 1. The summed E-state index contributed by atoms with van der Waals surface area (Å²) in [5.74, 6) is 0. The number of carbonyl (C=O) groups is 1. The standard InChI is InChI=1S/C14H18ClNO2/c15-13-9-11(10-18)5-6-14(13)16(7-8-17)12-3-1-2-4-12/h5-6,9-10,12,17H,1-4,7-8H2. The van der Waals surface area contributed by atoms with Crippen molar-refractivity contribution in [2.24, 2.45) is 0 Å². The molecule has 0 aromatic heterocycles. The van der Waals surface area contributed by atoms with Crippen LogP contribution in [0.2, 0.25) is 5.02 Å². The first kappa shape index (κ1) is 13.4. The molecule has 98 valence electrons. The van der Waals surface area contributed by atoms with Crippen LogP contribution < -0.4 is 4.90 Å². The number of aldehydes is 1. The summed E-state index contributed by atoms with van der Waals surface area (Å²) in [5, 5.41) is 9.79. The van der Waals surface area contributed by atoms with Crippen LogP contribution in [0.25, 0.3) is 0 Å². The molecule has 0 radical (unpaired) electrons. The number of carbonyl (C=O) groups excluding carboxylic acids is 1. The lowest BCUT2D eigenvalue weighted by Crippen LogP contribution is -2.35. The largest absolute Gasteiger partial charge is 0.395 e. The number of nitrogens with zero attached hydrogens (tertiary/aromatic N) is 1. The first-order chi connectivity index (χ1) is 8.76. The Morgan fingerprint density at radius 3 is 2.67 bits per heavy atom. The topological polar surface area (TPSA) is 40.5 Å². The first-order valence-electron chi connectivity index (χ1n) is 6.38. The van der Waals surface area contributed by atoms with Gasteiger partial charge in [0.15, 0.2) is 0 Å². The van der Waals surface area contributed by atoms with E-state index in [9.17, 15) is 9.90 Å². The maximum Gasteiger partial charge on any atom is 0.150 e. The van der Waals surface area contributed by atoms with E-state index < -0.39 is 0 Å². The molecule has 0 aliphatic heterocycles. The zero-order valence-electron chi connectivity index (χ0n) is 10.3.